The number of carbonyl (C=O) groups is 1. The van der Waals surface area contributed by atoms with Gasteiger partial charge in [-0.2, -0.15) is 4.98 Å². The van der Waals surface area contributed by atoms with Gasteiger partial charge in [0.15, 0.2) is 5.82 Å². The second kappa shape index (κ2) is 7.57. The van der Waals surface area contributed by atoms with E-state index in [0.717, 1.165) is 24.3 Å². The lowest BCUT2D eigenvalue weighted by Gasteiger charge is -2.16. The number of amides is 1. The van der Waals surface area contributed by atoms with Gasteiger partial charge in [-0.25, -0.2) is 0 Å². The van der Waals surface area contributed by atoms with E-state index in [2.05, 4.69) is 15.1 Å². The summed E-state index contributed by atoms with van der Waals surface area (Å²) in [6, 6.07) is 10.9. The summed E-state index contributed by atoms with van der Waals surface area (Å²) in [5.41, 5.74) is 1.53. The average Bonchev–Trinajstić information content (AvgIpc) is 3.38. The number of pyridine rings is 1. The zero-order valence-electron chi connectivity index (χ0n) is 15.0. The molecular weight excluding hydrogens is 344 g/mol. The normalized spacial score (nSPS) is 16.5. The van der Waals surface area contributed by atoms with Crippen LogP contribution in [0.3, 0.4) is 0 Å². The Morgan fingerprint density at radius 1 is 1.22 bits per heavy atom. The lowest BCUT2D eigenvalue weighted by molar-refractivity contribution is 0.0787. The molecule has 4 rings (SSSR count). The first kappa shape index (κ1) is 17.2. The minimum atomic E-state index is 0.0470. The van der Waals surface area contributed by atoms with Gasteiger partial charge >= 0.3 is 0 Å². The number of nitrogens with zero attached hydrogens (tertiary/aromatic N) is 4. The highest BCUT2D eigenvalue weighted by atomic mass is 16.5. The molecule has 0 radical (unpaired) electrons. The van der Waals surface area contributed by atoms with E-state index < -0.39 is 0 Å². The van der Waals surface area contributed by atoms with E-state index in [1.807, 2.05) is 17.0 Å². The summed E-state index contributed by atoms with van der Waals surface area (Å²) in [5.74, 6) is 2.29. The molecule has 1 fully saturated rings. The molecule has 3 heterocycles. The topological polar surface area (TPSA) is 81.4 Å². The molecule has 1 unspecified atom stereocenters. The zero-order valence-corrected chi connectivity index (χ0v) is 15.0. The number of aromatic nitrogens is 3. The van der Waals surface area contributed by atoms with Crippen LogP contribution in [0.4, 0.5) is 0 Å². The predicted octanol–water partition coefficient (Wildman–Crippen LogP) is 2.85. The number of carbonyl (C=O) groups excluding carboxylic acids is 1. The summed E-state index contributed by atoms with van der Waals surface area (Å²) in [4.78, 5) is 23.0. The second-order valence-electron chi connectivity index (χ2n) is 6.59. The van der Waals surface area contributed by atoms with Crippen LogP contribution < -0.4 is 4.74 Å². The largest absolute Gasteiger partial charge is 0.497 e. The fourth-order valence-corrected chi connectivity index (χ4v) is 3.31. The number of hydrogen-bond donors (Lipinski definition) is 0. The molecule has 2 aromatic heterocycles. The Morgan fingerprint density at radius 3 is 2.74 bits per heavy atom. The highest BCUT2D eigenvalue weighted by molar-refractivity contribution is 5.94. The third-order valence-electron chi connectivity index (χ3n) is 4.78. The molecule has 1 aliphatic heterocycles. The van der Waals surface area contributed by atoms with E-state index in [1.54, 1.807) is 43.8 Å². The van der Waals surface area contributed by atoms with Crippen molar-refractivity contribution >= 4 is 5.91 Å². The molecule has 1 saturated heterocycles. The van der Waals surface area contributed by atoms with Gasteiger partial charge in [0, 0.05) is 43.0 Å². The predicted molar refractivity (Wildman–Crippen MR) is 98.2 cm³/mol. The molecule has 0 saturated carbocycles. The number of likely N-dealkylation sites (tertiary alicyclic amines) is 1. The number of benzene rings is 1. The Hall–Kier alpha value is -3.22. The Morgan fingerprint density at radius 2 is 2.00 bits per heavy atom. The van der Waals surface area contributed by atoms with E-state index in [9.17, 15) is 4.79 Å². The van der Waals surface area contributed by atoms with Gasteiger partial charge < -0.3 is 14.2 Å². The second-order valence-corrected chi connectivity index (χ2v) is 6.59. The first-order valence-corrected chi connectivity index (χ1v) is 8.89. The summed E-state index contributed by atoms with van der Waals surface area (Å²) < 4.78 is 10.5. The van der Waals surface area contributed by atoms with Crippen molar-refractivity contribution in [2.24, 2.45) is 5.92 Å². The van der Waals surface area contributed by atoms with Gasteiger partial charge in [-0.1, -0.05) is 5.16 Å². The Labute approximate surface area is 157 Å². The molecule has 1 amide bonds. The van der Waals surface area contributed by atoms with Gasteiger partial charge in [0.1, 0.15) is 5.75 Å². The quantitative estimate of drug-likeness (QED) is 0.692. The van der Waals surface area contributed by atoms with Crippen LogP contribution >= 0.6 is 0 Å². The van der Waals surface area contributed by atoms with E-state index in [0.29, 0.717) is 36.2 Å². The minimum Gasteiger partial charge on any atom is -0.497 e. The summed E-state index contributed by atoms with van der Waals surface area (Å²) in [6.07, 6.45) is 5.01. The molecular formula is C20H20N4O3. The fourth-order valence-electron chi connectivity index (χ4n) is 3.31. The molecule has 1 aliphatic rings. The van der Waals surface area contributed by atoms with Crippen LogP contribution in [0.2, 0.25) is 0 Å². The van der Waals surface area contributed by atoms with Crippen LogP contribution in [0.1, 0.15) is 22.6 Å². The Bertz CT molecular complexity index is 908. The van der Waals surface area contributed by atoms with Gasteiger partial charge in [-0.15, -0.1) is 0 Å². The van der Waals surface area contributed by atoms with Crippen LogP contribution in [-0.2, 0) is 6.42 Å². The van der Waals surface area contributed by atoms with Crippen molar-refractivity contribution in [1.29, 1.82) is 0 Å². The first-order chi connectivity index (χ1) is 13.2. The van der Waals surface area contributed by atoms with Crippen LogP contribution in [0, 0.1) is 5.92 Å². The molecule has 1 aromatic carbocycles. The lowest BCUT2D eigenvalue weighted by atomic mass is 10.0. The number of methoxy groups -OCH3 is 1. The molecule has 7 heteroatoms. The van der Waals surface area contributed by atoms with Crippen molar-refractivity contribution in [2.45, 2.75) is 12.8 Å². The third kappa shape index (κ3) is 3.81. The fraction of sp³-hybridized carbons (Fsp3) is 0.300. The summed E-state index contributed by atoms with van der Waals surface area (Å²) >= 11 is 0. The van der Waals surface area contributed by atoms with Gasteiger partial charge in [0.25, 0.3) is 11.8 Å². The van der Waals surface area contributed by atoms with Crippen LogP contribution in [0.5, 0.6) is 5.75 Å². The van der Waals surface area contributed by atoms with E-state index >= 15 is 0 Å². The maximum atomic E-state index is 12.7. The maximum Gasteiger partial charge on any atom is 0.258 e. The molecule has 0 aliphatic carbocycles. The maximum absolute atomic E-state index is 12.7. The van der Waals surface area contributed by atoms with Crippen molar-refractivity contribution < 1.29 is 14.1 Å². The number of ether oxygens (including phenoxy) is 1. The number of rotatable bonds is 5. The molecule has 1 atom stereocenters. The van der Waals surface area contributed by atoms with Gasteiger partial charge in [0.05, 0.1) is 7.11 Å². The molecule has 3 aromatic rings. The zero-order chi connectivity index (χ0) is 18.6. The third-order valence-corrected chi connectivity index (χ3v) is 4.78. The molecule has 0 N–H and O–H groups in total. The highest BCUT2D eigenvalue weighted by Gasteiger charge is 2.28. The van der Waals surface area contributed by atoms with Crippen molar-refractivity contribution in [3.63, 3.8) is 0 Å². The molecule has 0 spiro atoms. The standard InChI is InChI=1S/C20H20N4O3/c1-26-17-4-2-16(3-5-17)20(25)24-11-8-14(13-24)12-18-22-19(27-23-18)15-6-9-21-10-7-15/h2-7,9-10,14H,8,11-13H2,1H3. The van der Waals surface area contributed by atoms with Crippen molar-refractivity contribution in [3.8, 4) is 17.2 Å². The highest BCUT2D eigenvalue weighted by Crippen LogP contribution is 2.24. The van der Waals surface area contributed by atoms with Crippen LogP contribution in [-0.4, -0.2) is 46.1 Å². The molecule has 27 heavy (non-hydrogen) atoms. The first-order valence-electron chi connectivity index (χ1n) is 8.89. The van der Waals surface area contributed by atoms with Crippen molar-refractivity contribution in [3.05, 3.63) is 60.2 Å². The van der Waals surface area contributed by atoms with Crippen LogP contribution in [0.25, 0.3) is 11.5 Å². The van der Waals surface area contributed by atoms with Crippen molar-refractivity contribution in [1.82, 2.24) is 20.0 Å². The summed E-state index contributed by atoms with van der Waals surface area (Å²) in [6.45, 7) is 1.44. The van der Waals surface area contributed by atoms with E-state index in [1.165, 1.54) is 0 Å². The van der Waals surface area contributed by atoms with Crippen molar-refractivity contribution in [2.75, 3.05) is 20.2 Å². The Kier molecular flexibility index (Phi) is 4.82. The SMILES string of the molecule is COc1ccc(C(=O)N2CCC(Cc3noc(-c4ccncc4)n3)C2)cc1. The van der Waals surface area contributed by atoms with Gasteiger partial charge in [0.2, 0.25) is 0 Å². The van der Waals surface area contributed by atoms with E-state index in [4.69, 9.17) is 9.26 Å². The minimum absolute atomic E-state index is 0.0470. The van der Waals surface area contributed by atoms with E-state index in [-0.39, 0.29) is 5.91 Å². The van der Waals surface area contributed by atoms with Gasteiger partial charge in [-0.05, 0) is 48.7 Å². The number of hydrogen-bond acceptors (Lipinski definition) is 6. The summed E-state index contributed by atoms with van der Waals surface area (Å²) in [5, 5.41) is 4.08. The monoisotopic (exact) mass is 364 g/mol. The molecule has 0 bridgehead atoms. The van der Waals surface area contributed by atoms with Gasteiger partial charge in [-0.3, -0.25) is 9.78 Å². The Balaban J connectivity index is 1.37. The lowest BCUT2D eigenvalue weighted by Crippen LogP contribution is -2.28. The molecule has 7 nitrogen and oxygen atoms in total. The molecule has 138 valence electrons. The van der Waals surface area contributed by atoms with Crippen LogP contribution in [0.15, 0.2) is 53.3 Å². The smallest absolute Gasteiger partial charge is 0.258 e. The summed E-state index contributed by atoms with van der Waals surface area (Å²) in [7, 11) is 1.61. The average molecular weight is 364 g/mol.